The van der Waals surface area contributed by atoms with Crippen LogP contribution in [-0.2, 0) is 4.79 Å². The van der Waals surface area contributed by atoms with E-state index in [-0.39, 0.29) is 0 Å². The summed E-state index contributed by atoms with van der Waals surface area (Å²) >= 11 is 0. The molecule has 0 saturated heterocycles. The quantitative estimate of drug-likeness (QED) is 0.843. The summed E-state index contributed by atoms with van der Waals surface area (Å²) in [6.45, 7) is 5.27. The van der Waals surface area contributed by atoms with Crippen molar-refractivity contribution in [3.63, 3.8) is 0 Å². The Kier molecular flexibility index (Phi) is 5.87. The van der Waals surface area contributed by atoms with Crippen LogP contribution < -0.4 is 10.1 Å². The van der Waals surface area contributed by atoms with Gasteiger partial charge in [-0.25, -0.2) is 4.79 Å². The van der Waals surface area contributed by atoms with Gasteiger partial charge in [-0.05, 0) is 38.5 Å². The van der Waals surface area contributed by atoms with E-state index in [1.165, 1.54) is 7.11 Å². The molecule has 138 valence electrons. The molecule has 0 fully saturated rings. The van der Waals surface area contributed by atoms with Gasteiger partial charge in [0.2, 0.25) is 0 Å². The molecule has 2 aromatic rings. The second kappa shape index (κ2) is 7.91. The van der Waals surface area contributed by atoms with E-state index in [4.69, 9.17) is 4.74 Å². The van der Waals surface area contributed by atoms with Crippen LogP contribution in [0.5, 0.6) is 5.75 Å². The Balaban J connectivity index is 2.47. The zero-order valence-electron chi connectivity index (χ0n) is 15.4. The lowest BCUT2D eigenvalue weighted by atomic mass is 9.97. The SMILES string of the molecule is COc1ccccc1NC(=O)C(c1ccccc1)N(C(=O)O)C(C)(C)C. The van der Waals surface area contributed by atoms with E-state index in [0.717, 1.165) is 4.90 Å². The van der Waals surface area contributed by atoms with Gasteiger partial charge in [-0.1, -0.05) is 42.5 Å². The second-order valence-corrected chi connectivity index (χ2v) is 6.83. The fourth-order valence-electron chi connectivity index (χ4n) is 2.79. The van der Waals surface area contributed by atoms with Crippen molar-refractivity contribution in [1.29, 1.82) is 0 Å². The van der Waals surface area contributed by atoms with E-state index in [1.54, 1.807) is 69.3 Å². The number of amides is 2. The zero-order valence-corrected chi connectivity index (χ0v) is 15.4. The average molecular weight is 356 g/mol. The smallest absolute Gasteiger partial charge is 0.408 e. The van der Waals surface area contributed by atoms with Crippen LogP contribution in [-0.4, -0.2) is 34.7 Å². The molecular formula is C20H24N2O4. The molecule has 1 atom stereocenters. The van der Waals surface area contributed by atoms with E-state index in [1.807, 2.05) is 6.07 Å². The number of nitrogens with zero attached hydrogens (tertiary/aromatic N) is 1. The molecule has 0 aromatic heterocycles. The maximum absolute atomic E-state index is 13.1. The highest BCUT2D eigenvalue weighted by atomic mass is 16.5. The van der Waals surface area contributed by atoms with E-state index in [2.05, 4.69) is 5.32 Å². The first-order valence-electron chi connectivity index (χ1n) is 8.27. The van der Waals surface area contributed by atoms with Gasteiger partial charge in [0, 0.05) is 5.54 Å². The van der Waals surface area contributed by atoms with Gasteiger partial charge >= 0.3 is 6.09 Å². The van der Waals surface area contributed by atoms with Crippen LogP contribution in [0.4, 0.5) is 10.5 Å². The molecule has 0 saturated carbocycles. The maximum atomic E-state index is 13.1. The molecule has 26 heavy (non-hydrogen) atoms. The largest absolute Gasteiger partial charge is 0.495 e. The summed E-state index contributed by atoms with van der Waals surface area (Å²) in [6, 6.07) is 14.9. The fraction of sp³-hybridized carbons (Fsp3) is 0.300. The first-order valence-corrected chi connectivity index (χ1v) is 8.27. The minimum Gasteiger partial charge on any atom is -0.495 e. The molecule has 0 heterocycles. The predicted molar refractivity (Wildman–Crippen MR) is 100 cm³/mol. The molecule has 0 spiro atoms. The van der Waals surface area contributed by atoms with Gasteiger partial charge in [-0.15, -0.1) is 0 Å². The summed E-state index contributed by atoms with van der Waals surface area (Å²) in [4.78, 5) is 26.2. The molecule has 0 aliphatic heterocycles. The molecule has 0 aliphatic rings. The van der Waals surface area contributed by atoms with Gasteiger partial charge in [0.1, 0.15) is 11.8 Å². The van der Waals surface area contributed by atoms with Crippen molar-refractivity contribution in [1.82, 2.24) is 4.90 Å². The van der Waals surface area contributed by atoms with Crippen molar-refractivity contribution in [2.75, 3.05) is 12.4 Å². The molecule has 6 heteroatoms. The van der Waals surface area contributed by atoms with Crippen LogP contribution in [0.15, 0.2) is 54.6 Å². The highest BCUT2D eigenvalue weighted by Crippen LogP contribution is 2.31. The number of anilines is 1. The van der Waals surface area contributed by atoms with Gasteiger partial charge in [0.15, 0.2) is 0 Å². The number of hydrogen-bond acceptors (Lipinski definition) is 3. The van der Waals surface area contributed by atoms with Crippen molar-refractivity contribution in [3.05, 3.63) is 60.2 Å². The summed E-state index contributed by atoms with van der Waals surface area (Å²) in [7, 11) is 1.51. The molecule has 0 bridgehead atoms. The van der Waals surface area contributed by atoms with Crippen molar-refractivity contribution >= 4 is 17.7 Å². The summed E-state index contributed by atoms with van der Waals surface area (Å²) in [5, 5.41) is 12.6. The number of methoxy groups -OCH3 is 1. The number of carboxylic acid groups (broad SMARTS) is 1. The third-order valence-corrected chi connectivity index (χ3v) is 3.92. The molecule has 0 radical (unpaired) electrons. The molecule has 6 nitrogen and oxygen atoms in total. The lowest BCUT2D eigenvalue weighted by molar-refractivity contribution is -0.122. The lowest BCUT2D eigenvalue weighted by Crippen LogP contribution is -2.50. The maximum Gasteiger partial charge on any atom is 0.408 e. The van der Waals surface area contributed by atoms with Crippen molar-refractivity contribution in [3.8, 4) is 5.75 Å². The van der Waals surface area contributed by atoms with Crippen LogP contribution in [0.25, 0.3) is 0 Å². The van der Waals surface area contributed by atoms with E-state index >= 15 is 0 Å². The Morgan fingerprint density at radius 2 is 1.62 bits per heavy atom. The molecular weight excluding hydrogens is 332 g/mol. The number of para-hydroxylation sites is 2. The first-order chi connectivity index (χ1) is 12.3. The minimum absolute atomic E-state index is 0.446. The normalized spacial score (nSPS) is 12.2. The summed E-state index contributed by atoms with van der Waals surface area (Å²) in [6.07, 6.45) is -1.17. The molecule has 2 amide bonds. The molecule has 1 unspecified atom stereocenters. The Hall–Kier alpha value is -3.02. The van der Waals surface area contributed by atoms with Crippen LogP contribution in [0.2, 0.25) is 0 Å². The zero-order chi connectivity index (χ0) is 19.3. The van der Waals surface area contributed by atoms with Crippen LogP contribution in [0.1, 0.15) is 32.4 Å². The Labute approximate surface area is 153 Å². The number of carbonyl (C=O) groups is 2. The number of ether oxygens (including phenoxy) is 1. The third kappa shape index (κ3) is 4.33. The number of rotatable bonds is 5. The van der Waals surface area contributed by atoms with Gasteiger partial charge in [-0.3, -0.25) is 9.69 Å². The predicted octanol–water partition coefficient (Wildman–Crippen LogP) is 4.15. The number of hydrogen-bond donors (Lipinski definition) is 2. The summed E-state index contributed by atoms with van der Waals surface area (Å²) < 4.78 is 5.26. The molecule has 2 N–H and O–H groups in total. The molecule has 0 aliphatic carbocycles. The monoisotopic (exact) mass is 356 g/mol. The second-order valence-electron chi connectivity index (χ2n) is 6.83. The van der Waals surface area contributed by atoms with Crippen LogP contribution >= 0.6 is 0 Å². The Bertz CT molecular complexity index is 769. The highest BCUT2D eigenvalue weighted by molar-refractivity contribution is 5.98. The molecule has 2 aromatic carbocycles. The summed E-state index contributed by atoms with van der Waals surface area (Å²) in [5.74, 6) is 0.0586. The topological polar surface area (TPSA) is 78.9 Å². The highest BCUT2D eigenvalue weighted by Gasteiger charge is 2.38. The van der Waals surface area contributed by atoms with Gasteiger partial charge < -0.3 is 15.2 Å². The number of carbonyl (C=O) groups excluding carboxylic acids is 1. The van der Waals surface area contributed by atoms with E-state index in [9.17, 15) is 14.7 Å². The fourth-order valence-corrected chi connectivity index (χ4v) is 2.79. The van der Waals surface area contributed by atoms with E-state index in [0.29, 0.717) is 17.0 Å². The standard InChI is InChI=1S/C20H24N2O4/c1-20(2,3)22(19(24)25)17(14-10-6-5-7-11-14)18(23)21-15-12-8-9-13-16(15)26-4/h5-13,17H,1-4H3,(H,21,23)(H,24,25). The summed E-state index contributed by atoms with van der Waals surface area (Å²) in [5.41, 5.74) is 0.308. The van der Waals surface area contributed by atoms with E-state index < -0.39 is 23.6 Å². The Morgan fingerprint density at radius 1 is 1.04 bits per heavy atom. The van der Waals surface area contributed by atoms with Crippen LogP contribution in [0.3, 0.4) is 0 Å². The first kappa shape index (κ1) is 19.3. The lowest BCUT2D eigenvalue weighted by Gasteiger charge is -2.39. The van der Waals surface area contributed by atoms with Gasteiger partial charge in [0.05, 0.1) is 12.8 Å². The molecule has 2 rings (SSSR count). The minimum atomic E-state index is -1.17. The number of benzene rings is 2. The van der Waals surface area contributed by atoms with Gasteiger partial charge in [0.25, 0.3) is 5.91 Å². The van der Waals surface area contributed by atoms with Gasteiger partial charge in [-0.2, -0.15) is 0 Å². The van der Waals surface area contributed by atoms with Crippen molar-refractivity contribution in [2.24, 2.45) is 0 Å². The van der Waals surface area contributed by atoms with Crippen molar-refractivity contribution in [2.45, 2.75) is 32.4 Å². The average Bonchev–Trinajstić information content (AvgIpc) is 2.59. The van der Waals surface area contributed by atoms with Crippen LogP contribution in [0, 0.1) is 0 Å². The van der Waals surface area contributed by atoms with Crippen molar-refractivity contribution < 1.29 is 19.4 Å². The third-order valence-electron chi connectivity index (χ3n) is 3.92. The number of nitrogens with one attached hydrogen (secondary N) is 1. The Morgan fingerprint density at radius 3 is 2.15 bits per heavy atom.